The van der Waals surface area contributed by atoms with Gasteiger partial charge in [-0.2, -0.15) is 26.0 Å². The molecule has 0 aliphatic heterocycles. The fourth-order valence-electron chi connectivity index (χ4n) is 6.31. The molecule has 0 radical (unpaired) electrons. The molecule has 0 N–H and O–H groups in total. The third-order valence-corrected chi connectivity index (χ3v) is 12.2. The second-order valence-electron chi connectivity index (χ2n) is 11.5. The highest BCUT2D eigenvalue weighted by Crippen LogP contribution is 2.58. The largest absolute Gasteiger partial charge is 0.442 e. The summed E-state index contributed by atoms with van der Waals surface area (Å²) in [5.41, 5.74) is 0. The molecule has 43 heavy (non-hydrogen) atoms. The third-order valence-electron chi connectivity index (χ3n) is 8.51. The lowest BCUT2D eigenvalue weighted by molar-refractivity contribution is -0.202. The van der Waals surface area contributed by atoms with Crippen molar-refractivity contribution < 1.29 is 30.2 Å². The van der Waals surface area contributed by atoms with E-state index in [9.17, 15) is 26.0 Å². The van der Waals surface area contributed by atoms with Crippen molar-refractivity contribution >= 4 is 33.6 Å². The molecule has 0 spiro atoms. The van der Waals surface area contributed by atoms with E-state index in [2.05, 4.69) is 52.7 Å². The van der Waals surface area contributed by atoms with E-state index in [1.165, 1.54) is 41.2 Å². The molecular weight excluding hydrogens is 617 g/mol. The predicted molar refractivity (Wildman–Crippen MR) is 165 cm³/mol. The Balaban J connectivity index is 0.000000235. The van der Waals surface area contributed by atoms with Crippen molar-refractivity contribution in [2.24, 2.45) is 17.8 Å². The van der Waals surface area contributed by atoms with Crippen LogP contribution in [0.1, 0.15) is 57.8 Å². The second-order valence-corrected chi connectivity index (χ2v) is 15.6. The molecule has 232 valence electrons. The molecular formula is C33H36F4O3S3. The number of thioether (sulfide) groups is 1. The first-order valence-electron chi connectivity index (χ1n) is 14.8. The summed E-state index contributed by atoms with van der Waals surface area (Å²) in [6, 6.07) is 26.5. The Bertz CT molecular complexity index is 1380. The molecule has 0 saturated heterocycles. The second kappa shape index (κ2) is 13.9. The first-order valence-corrected chi connectivity index (χ1v) is 17.9. The lowest BCUT2D eigenvalue weighted by Gasteiger charge is -2.34. The minimum Gasteiger partial charge on any atom is -0.378 e. The van der Waals surface area contributed by atoms with Gasteiger partial charge in [0.1, 0.15) is 5.75 Å². The number of hydrogen-bond donors (Lipinski definition) is 0. The van der Waals surface area contributed by atoms with Crippen LogP contribution in [0.3, 0.4) is 0 Å². The van der Waals surface area contributed by atoms with Gasteiger partial charge < -0.3 is 4.18 Å². The first-order chi connectivity index (χ1) is 20.5. The number of alkyl halides is 4. The molecule has 3 unspecified atom stereocenters. The Hall–Kier alpha value is -2.17. The zero-order valence-corrected chi connectivity index (χ0v) is 26.2. The molecule has 3 aliphatic carbocycles. The lowest BCUT2D eigenvalue weighted by Crippen LogP contribution is -2.54. The van der Waals surface area contributed by atoms with Crippen LogP contribution in [0.2, 0.25) is 0 Å². The van der Waals surface area contributed by atoms with E-state index in [0.717, 1.165) is 24.2 Å². The van der Waals surface area contributed by atoms with Gasteiger partial charge >= 0.3 is 21.3 Å². The summed E-state index contributed by atoms with van der Waals surface area (Å²) in [7, 11) is -5.85. The van der Waals surface area contributed by atoms with Crippen molar-refractivity contribution in [1.82, 2.24) is 0 Å². The van der Waals surface area contributed by atoms with E-state index in [-0.39, 0.29) is 18.1 Å². The number of benzene rings is 3. The first kappa shape index (κ1) is 32.2. The van der Waals surface area contributed by atoms with Crippen LogP contribution < -0.4 is 4.18 Å². The molecule has 3 atom stereocenters. The summed E-state index contributed by atoms with van der Waals surface area (Å²) < 4.78 is 87.3. The number of fused-ring (bicyclic) bond motifs is 2. The summed E-state index contributed by atoms with van der Waals surface area (Å²) in [6.45, 7) is 0. The van der Waals surface area contributed by atoms with Crippen molar-refractivity contribution in [2.75, 3.05) is 0 Å². The molecule has 6 rings (SSSR count). The fourth-order valence-corrected chi connectivity index (χ4v) is 9.37. The average molecular weight is 653 g/mol. The van der Waals surface area contributed by atoms with Crippen LogP contribution in [-0.2, 0) is 10.1 Å². The smallest absolute Gasteiger partial charge is 0.378 e. The average Bonchev–Trinajstić information content (AvgIpc) is 3.65. The van der Waals surface area contributed by atoms with Crippen molar-refractivity contribution in [3.8, 4) is 5.75 Å². The van der Waals surface area contributed by atoms with Crippen molar-refractivity contribution in [1.29, 1.82) is 0 Å². The summed E-state index contributed by atoms with van der Waals surface area (Å²) in [4.78, 5) is 3.44. The van der Waals surface area contributed by atoms with Gasteiger partial charge in [-0.05, 0) is 92.5 Å². The molecule has 3 aromatic rings. The highest BCUT2D eigenvalue weighted by atomic mass is 32.2. The Morgan fingerprint density at radius 3 is 1.77 bits per heavy atom. The van der Waals surface area contributed by atoms with Crippen LogP contribution in [0.4, 0.5) is 17.6 Å². The van der Waals surface area contributed by atoms with Gasteiger partial charge in [0.2, 0.25) is 0 Å². The van der Waals surface area contributed by atoms with Crippen LogP contribution in [0.15, 0.2) is 99.6 Å². The molecule has 0 amide bonds. The maximum absolute atomic E-state index is 14.7. The lowest BCUT2D eigenvalue weighted by atomic mass is 9.84. The van der Waals surface area contributed by atoms with E-state index >= 15 is 0 Å². The summed E-state index contributed by atoms with van der Waals surface area (Å²) in [6.07, 6.45) is 7.37. The molecule has 0 heterocycles. The molecule has 3 aliphatic rings. The zero-order valence-electron chi connectivity index (χ0n) is 23.7. The van der Waals surface area contributed by atoms with Gasteiger partial charge in [-0.15, -0.1) is 11.8 Å². The molecule has 3 nitrogen and oxygen atoms in total. The SMILES string of the molecule is O=S(=O)(Oc1ccc(SC2CCCCC2)cc1)C(F)(F)C(F)(F)C1CC2CCC1C2.c1ccc(Sc2ccccc2)cc1. The third kappa shape index (κ3) is 7.74. The van der Waals surface area contributed by atoms with E-state index in [1.807, 2.05) is 12.1 Å². The van der Waals surface area contributed by atoms with Crippen LogP contribution >= 0.6 is 23.5 Å². The molecule has 0 aromatic heterocycles. The summed E-state index contributed by atoms with van der Waals surface area (Å²) in [5, 5.41) is -4.82. The normalized spacial score (nSPS) is 22.6. The van der Waals surface area contributed by atoms with Gasteiger partial charge in [0.15, 0.2) is 0 Å². The van der Waals surface area contributed by atoms with Gasteiger partial charge in [0, 0.05) is 25.9 Å². The highest BCUT2D eigenvalue weighted by molar-refractivity contribution is 8.00. The van der Waals surface area contributed by atoms with E-state index in [1.54, 1.807) is 35.7 Å². The van der Waals surface area contributed by atoms with Crippen molar-refractivity contribution in [2.45, 2.75) is 88.9 Å². The molecule has 2 bridgehead atoms. The Kier molecular flexibility index (Phi) is 10.4. The number of hydrogen-bond acceptors (Lipinski definition) is 5. The Morgan fingerprint density at radius 2 is 1.26 bits per heavy atom. The Labute approximate surface area is 260 Å². The minimum atomic E-state index is -5.85. The maximum atomic E-state index is 14.7. The quantitative estimate of drug-likeness (QED) is 0.170. The fraction of sp³-hybridized carbons (Fsp3) is 0.455. The predicted octanol–water partition coefficient (Wildman–Crippen LogP) is 10.3. The topological polar surface area (TPSA) is 43.4 Å². The number of rotatable bonds is 9. The van der Waals surface area contributed by atoms with Gasteiger partial charge in [-0.1, -0.05) is 73.8 Å². The van der Waals surface area contributed by atoms with Gasteiger partial charge in [-0.3, -0.25) is 0 Å². The molecule has 3 fully saturated rings. The van der Waals surface area contributed by atoms with Gasteiger partial charge in [-0.25, -0.2) is 0 Å². The van der Waals surface area contributed by atoms with Crippen LogP contribution in [0.5, 0.6) is 5.75 Å². The monoisotopic (exact) mass is 652 g/mol. The molecule has 3 saturated carbocycles. The van der Waals surface area contributed by atoms with Crippen molar-refractivity contribution in [3.63, 3.8) is 0 Å². The zero-order chi connectivity index (χ0) is 30.5. The standard InChI is InChI=1S/C21H26F4O3S2.C12H10S/c22-20(23,19-13-14-6-7-15(19)12-14)21(24,25)30(26,27)28-16-8-10-18(11-9-16)29-17-4-2-1-3-5-17;1-3-7-11(8-4-1)13-12-9-5-2-6-10-12/h8-11,14-15,17,19H,1-7,12-13H2;1-10H. The van der Waals surface area contributed by atoms with Crippen molar-refractivity contribution in [3.05, 3.63) is 84.9 Å². The summed E-state index contributed by atoms with van der Waals surface area (Å²) in [5.74, 6) is -7.24. The maximum Gasteiger partial charge on any atom is 0.442 e. The van der Waals surface area contributed by atoms with Gasteiger partial charge in [0.25, 0.3) is 0 Å². The van der Waals surface area contributed by atoms with E-state index < -0.39 is 33.1 Å². The van der Waals surface area contributed by atoms with Crippen LogP contribution in [0.25, 0.3) is 0 Å². The molecule has 10 heteroatoms. The van der Waals surface area contributed by atoms with Gasteiger partial charge in [0.05, 0.1) is 0 Å². The minimum absolute atomic E-state index is 0.0143. The van der Waals surface area contributed by atoms with E-state index in [4.69, 9.17) is 0 Å². The summed E-state index contributed by atoms with van der Waals surface area (Å²) >= 11 is 3.44. The van der Waals surface area contributed by atoms with Crippen LogP contribution in [0, 0.1) is 17.8 Å². The molecule has 3 aromatic carbocycles. The van der Waals surface area contributed by atoms with Crippen LogP contribution in [-0.4, -0.2) is 24.8 Å². The Morgan fingerprint density at radius 1 is 0.674 bits per heavy atom. The number of halogens is 4. The van der Waals surface area contributed by atoms with E-state index in [0.29, 0.717) is 18.1 Å². The highest BCUT2D eigenvalue weighted by Gasteiger charge is 2.72.